The van der Waals surface area contributed by atoms with E-state index in [1.54, 1.807) is 12.1 Å². The molecule has 0 bridgehead atoms. The minimum atomic E-state index is -3.57. The molecule has 1 N–H and O–H groups in total. The Morgan fingerprint density at radius 1 is 1.09 bits per heavy atom. The highest BCUT2D eigenvalue weighted by Crippen LogP contribution is 2.25. The van der Waals surface area contributed by atoms with Gasteiger partial charge in [-0.15, -0.1) is 0 Å². The fourth-order valence-corrected chi connectivity index (χ4v) is 5.63. The van der Waals surface area contributed by atoms with E-state index in [0.29, 0.717) is 37.5 Å². The molecule has 0 saturated carbocycles. The second-order valence-electron chi connectivity index (χ2n) is 8.45. The van der Waals surface area contributed by atoms with Crippen LogP contribution in [-0.4, -0.2) is 57.3 Å². The number of nitrogens with zero attached hydrogens (tertiary/aromatic N) is 2. The van der Waals surface area contributed by atoms with E-state index in [0.717, 1.165) is 12.0 Å². The average molecular weight is 478 g/mol. The molecular weight excluding hydrogens is 446 g/mol. The third-order valence-electron chi connectivity index (χ3n) is 6.14. The maximum atomic E-state index is 12.8. The summed E-state index contributed by atoms with van der Waals surface area (Å²) in [5.41, 5.74) is 2.45. The molecule has 0 unspecified atom stereocenters. The van der Waals surface area contributed by atoms with E-state index in [1.165, 1.54) is 22.0 Å². The first-order valence-electron chi connectivity index (χ1n) is 11.0. The van der Waals surface area contributed by atoms with E-state index >= 15 is 0 Å². The van der Waals surface area contributed by atoms with Gasteiger partial charge in [-0.1, -0.05) is 42.8 Å². The highest BCUT2D eigenvalue weighted by Gasteiger charge is 2.32. The summed E-state index contributed by atoms with van der Waals surface area (Å²) in [7, 11) is 0.439. The summed E-state index contributed by atoms with van der Waals surface area (Å²) in [5.74, 6) is -0.192. The average Bonchev–Trinajstić information content (AvgIpc) is 2.79. The number of hydrogen-bond acceptors (Lipinski definition) is 4. The van der Waals surface area contributed by atoms with Crippen molar-refractivity contribution in [3.8, 4) is 0 Å². The van der Waals surface area contributed by atoms with Crippen LogP contribution in [0, 0.1) is 5.92 Å². The van der Waals surface area contributed by atoms with Crippen LogP contribution in [0.2, 0.25) is 5.02 Å². The summed E-state index contributed by atoms with van der Waals surface area (Å²) in [4.78, 5) is 15.1. The molecule has 32 heavy (non-hydrogen) atoms. The van der Waals surface area contributed by atoms with Gasteiger partial charge in [0.1, 0.15) is 0 Å². The summed E-state index contributed by atoms with van der Waals surface area (Å²) < 4.78 is 27.1. The molecule has 0 spiro atoms. The number of piperidine rings is 1. The molecule has 3 rings (SSSR count). The van der Waals surface area contributed by atoms with Crippen LogP contribution in [0.3, 0.4) is 0 Å². The van der Waals surface area contributed by atoms with Crippen LogP contribution < -0.4 is 5.32 Å². The monoisotopic (exact) mass is 477 g/mol. The Labute approximate surface area is 196 Å². The van der Waals surface area contributed by atoms with Gasteiger partial charge in [0.05, 0.1) is 10.9 Å². The van der Waals surface area contributed by atoms with E-state index in [1.807, 2.05) is 14.1 Å². The third kappa shape index (κ3) is 5.90. The molecule has 6 nitrogen and oxygen atoms in total. The Bertz CT molecular complexity index is 1000. The topological polar surface area (TPSA) is 69.7 Å². The number of benzene rings is 2. The van der Waals surface area contributed by atoms with Crippen LogP contribution in [-0.2, 0) is 21.2 Å². The Balaban J connectivity index is 1.56. The number of hydrogen-bond donors (Lipinski definition) is 1. The molecule has 1 aliphatic heterocycles. The number of carbonyl (C=O) groups is 1. The van der Waals surface area contributed by atoms with Crippen molar-refractivity contribution in [3.05, 3.63) is 64.7 Å². The number of sulfonamides is 1. The van der Waals surface area contributed by atoms with E-state index in [9.17, 15) is 13.2 Å². The lowest BCUT2D eigenvalue weighted by Gasteiger charge is -2.31. The number of nitrogens with one attached hydrogen (secondary N) is 1. The van der Waals surface area contributed by atoms with E-state index in [2.05, 4.69) is 41.4 Å². The van der Waals surface area contributed by atoms with Gasteiger partial charge in [0.15, 0.2) is 0 Å². The largest absolute Gasteiger partial charge is 0.354 e. The van der Waals surface area contributed by atoms with Gasteiger partial charge in [0.2, 0.25) is 15.9 Å². The Morgan fingerprint density at radius 2 is 1.69 bits per heavy atom. The quantitative estimate of drug-likeness (QED) is 0.629. The first kappa shape index (κ1) is 24.7. The summed E-state index contributed by atoms with van der Waals surface area (Å²) >= 11 is 5.87. The van der Waals surface area contributed by atoms with Crippen LogP contribution in [0.15, 0.2) is 53.4 Å². The fraction of sp³-hybridized carbons (Fsp3) is 0.458. The lowest BCUT2D eigenvalue weighted by molar-refractivity contribution is -0.126. The van der Waals surface area contributed by atoms with Crippen molar-refractivity contribution >= 4 is 27.5 Å². The lowest BCUT2D eigenvalue weighted by atomic mass is 9.96. The van der Waals surface area contributed by atoms with E-state index in [-0.39, 0.29) is 22.8 Å². The molecule has 2 aromatic rings. The number of aryl methyl sites for hydroxylation is 1. The molecule has 1 fully saturated rings. The SMILES string of the molecule is CCc1ccc([C@@H](CNC(=O)C2CCN(S(=O)(=O)c3ccc(Cl)cc3)CC2)N(C)C)cc1. The molecule has 0 aromatic heterocycles. The van der Waals surface area contributed by atoms with Crippen molar-refractivity contribution in [1.29, 1.82) is 0 Å². The zero-order chi connectivity index (χ0) is 23.3. The Morgan fingerprint density at radius 3 is 2.22 bits per heavy atom. The normalized spacial score (nSPS) is 16.8. The maximum Gasteiger partial charge on any atom is 0.243 e. The van der Waals surface area contributed by atoms with Crippen molar-refractivity contribution in [1.82, 2.24) is 14.5 Å². The first-order valence-corrected chi connectivity index (χ1v) is 12.8. The molecule has 1 amide bonds. The number of halogens is 1. The zero-order valence-electron chi connectivity index (χ0n) is 18.9. The van der Waals surface area contributed by atoms with Gasteiger partial charge < -0.3 is 10.2 Å². The van der Waals surface area contributed by atoms with Crippen molar-refractivity contribution in [3.63, 3.8) is 0 Å². The predicted molar refractivity (Wildman–Crippen MR) is 128 cm³/mol. The second-order valence-corrected chi connectivity index (χ2v) is 10.8. The maximum absolute atomic E-state index is 12.8. The standard InChI is InChI=1S/C24H32ClN3O3S/c1-4-18-5-7-19(8-6-18)23(27(2)3)17-26-24(29)20-13-15-28(16-14-20)32(30,31)22-11-9-21(25)10-12-22/h5-12,20,23H,4,13-17H2,1-3H3,(H,26,29)/t23-/m1/s1. The van der Waals surface area contributed by atoms with Crippen LogP contribution in [0.25, 0.3) is 0 Å². The minimum Gasteiger partial charge on any atom is -0.354 e. The van der Waals surface area contributed by atoms with Crippen molar-refractivity contribution < 1.29 is 13.2 Å². The van der Waals surface area contributed by atoms with E-state index < -0.39 is 10.0 Å². The molecule has 1 atom stereocenters. The van der Waals surface area contributed by atoms with Crippen molar-refractivity contribution in [2.24, 2.45) is 5.92 Å². The molecule has 2 aromatic carbocycles. The Hall–Kier alpha value is -1.93. The molecule has 0 aliphatic carbocycles. The third-order valence-corrected chi connectivity index (χ3v) is 8.31. The van der Waals surface area contributed by atoms with Gasteiger partial charge in [-0.3, -0.25) is 4.79 Å². The number of likely N-dealkylation sites (N-methyl/N-ethyl adjacent to an activating group) is 1. The molecule has 8 heteroatoms. The second kappa shape index (κ2) is 10.8. The van der Waals surface area contributed by atoms with Gasteiger partial charge in [0, 0.05) is 30.6 Å². The number of amides is 1. The fourth-order valence-electron chi connectivity index (χ4n) is 4.03. The van der Waals surface area contributed by atoms with E-state index in [4.69, 9.17) is 11.6 Å². The Kier molecular flexibility index (Phi) is 8.33. The molecule has 1 heterocycles. The molecule has 1 aliphatic rings. The van der Waals surface area contributed by atoms with Crippen LogP contribution in [0.4, 0.5) is 0 Å². The van der Waals surface area contributed by atoms with Crippen LogP contribution in [0.1, 0.15) is 36.9 Å². The highest BCUT2D eigenvalue weighted by atomic mass is 35.5. The zero-order valence-corrected chi connectivity index (χ0v) is 20.5. The predicted octanol–water partition coefficient (Wildman–Crippen LogP) is 3.72. The molecule has 1 saturated heterocycles. The minimum absolute atomic E-state index is 0.00873. The van der Waals surface area contributed by atoms with Crippen LogP contribution >= 0.6 is 11.6 Å². The highest BCUT2D eigenvalue weighted by molar-refractivity contribution is 7.89. The number of carbonyl (C=O) groups excluding carboxylic acids is 1. The smallest absolute Gasteiger partial charge is 0.243 e. The summed E-state index contributed by atoms with van der Waals surface area (Å²) in [6.07, 6.45) is 2.02. The molecular formula is C24H32ClN3O3S. The molecule has 0 radical (unpaired) electrons. The van der Waals surface area contributed by atoms with Gasteiger partial charge in [0.25, 0.3) is 0 Å². The van der Waals surface area contributed by atoms with Gasteiger partial charge in [-0.2, -0.15) is 4.31 Å². The number of rotatable bonds is 8. The van der Waals surface area contributed by atoms with Gasteiger partial charge in [-0.05, 0) is 68.8 Å². The molecule has 174 valence electrons. The van der Waals surface area contributed by atoms with Gasteiger partial charge in [-0.25, -0.2) is 8.42 Å². The van der Waals surface area contributed by atoms with Gasteiger partial charge >= 0.3 is 0 Å². The first-order chi connectivity index (χ1) is 15.2. The van der Waals surface area contributed by atoms with Crippen LogP contribution in [0.5, 0.6) is 0 Å². The van der Waals surface area contributed by atoms with Crippen molar-refractivity contribution in [2.75, 3.05) is 33.7 Å². The lowest BCUT2D eigenvalue weighted by Crippen LogP contribution is -2.44. The van der Waals surface area contributed by atoms with Crippen molar-refractivity contribution in [2.45, 2.75) is 37.1 Å². The summed E-state index contributed by atoms with van der Waals surface area (Å²) in [6.45, 7) is 3.31. The summed E-state index contributed by atoms with van der Waals surface area (Å²) in [5, 5.41) is 3.59. The summed E-state index contributed by atoms with van der Waals surface area (Å²) in [6, 6.07) is 14.8.